The first-order valence-electron chi connectivity index (χ1n) is 5.32. The molecule has 6 heteroatoms. The summed E-state index contributed by atoms with van der Waals surface area (Å²) in [6.07, 6.45) is 0. The number of hydrogen-bond acceptors (Lipinski definition) is 2. The van der Waals surface area contributed by atoms with Crippen molar-refractivity contribution in [2.45, 2.75) is 6.92 Å². The first-order valence-corrected chi connectivity index (χ1v) is 7.60. The van der Waals surface area contributed by atoms with Crippen LogP contribution >= 0.6 is 50.7 Å². The average Bonchev–Trinajstić information content (AvgIpc) is 2.31. The van der Waals surface area contributed by atoms with E-state index in [-0.39, 0.29) is 11.8 Å². The second kappa shape index (κ2) is 6.81. The number of carbonyl (C=O) groups is 1. The standard InChI is InChI=1S/C12H14BrIN2OS/c1-7(11(15)18)6-16(2)12(17)9-5-8(13)3-4-10(9)14/h3-5,7H,6H2,1-2H3,(H2,15,18). The quantitative estimate of drug-likeness (QED) is 0.578. The number of nitrogens with two attached hydrogens (primary N) is 1. The monoisotopic (exact) mass is 440 g/mol. The first-order chi connectivity index (χ1) is 8.32. The van der Waals surface area contributed by atoms with Crippen molar-refractivity contribution in [3.05, 3.63) is 31.8 Å². The van der Waals surface area contributed by atoms with Gasteiger partial charge in [0, 0.05) is 27.6 Å². The molecule has 0 saturated heterocycles. The number of benzene rings is 1. The van der Waals surface area contributed by atoms with Crippen LogP contribution in [0.15, 0.2) is 22.7 Å². The zero-order chi connectivity index (χ0) is 13.9. The fourth-order valence-corrected chi connectivity index (χ4v) is 2.45. The summed E-state index contributed by atoms with van der Waals surface area (Å²) < 4.78 is 1.82. The van der Waals surface area contributed by atoms with Crippen LogP contribution in [0.5, 0.6) is 0 Å². The molecule has 98 valence electrons. The minimum absolute atomic E-state index is 0.0127. The van der Waals surface area contributed by atoms with Crippen LogP contribution in [0.2, 0.25) is 0 Å². The molecule has 1 atom stereocenters. The topological polar surface area (TPSA) is 46.3 Å². The van der Waals surface area contributed by atoms with E-state index in [0.29, 0.717) is 17.1 Å². The molecule has 1 amide bonds. The molecule has 1 aromatic rings. The fraction of sp³-hybridized carbons (Fsp3) is 0.333. The smallest absolute Gasteiger partial charge is 0.254 e. The van der Waals surface area contributed by atoms with Crippen LogP contribution in [0, 0.1) is 9.49 Å². The molecule has 0 aliphatic heterocycles. The van der Waals surface area contributed by atoms with Crippen LogP contribution in [0.4, 0.5) is 0 Å². The maximum Gasteiger partial charge on any atom is 0.254 e. The van der Waals surface area contributed by atoms with Gasteiger partial charge in [0.1, 0.15) is 0 Å². The van der Waals surface area contributed by atoms with Crippen molar-refractivity contribution >= 4 is 61.6 Å². The highest BCUT2D eigenvalue weighted by molar-refractivity contribution is 14.1. The van der Waals surface area contributed by atoms with Crippen molar-refractivity contribution in [3.8, 4) is 0 Å². The third-order valence-electron chi connectivity index (χ3n) is 2.54. The Morgan fingerprint density at radius 3 is 2.78 bits per heavy atom. The van der Waals surface area contributed by atoms with Gasteiger partial charge in [0.05, 0.1) is 10.6 Å². The Kier molecular flexibility index (Phi) is 6.00. The van der Waals surface area contributed by atoms with Crippen LogP contribution in [-0.2, 0) is 0 Å². The molecule has 0 aliphatic rings. The molecular weight excluding hydrogens is 427 g/mol. The van der Waals surface area contributed by atoms with Crippen LogP contribution < -0.4 is 5.73 Å². The first kappa shape index (κ1) is 15.8. The van der Waals surface area contributed by atoms with E-state index in [9.17, 15) is 4.79 Å². The van der Waals surface area contributed by atoms with Gasteiger partial charge in [-0.15, -0.1) is 0 Å². The van der Waals surface area contributed by atoms with E-state index >= 15 is 0 Å². The van der Waals surface area contributed by atoms with Crippen LogP contribution in [0.1, 0.15) is 17.3 Å². The van der Waals surface area contributed by atoms with Crippen molar-refractivity contribution < 1.29 is 4.79 Å². The third kappa shape index (κ3) is 4.17. The summed E-state index contributed by atoms with van der Waals surface area (Å²) in [5.74, 6) is -0.0115. The fourth-order valence-electron chi connectivity index (χ4n) is 1.45. The third-order valence-corrected chi connectivity index (χ3v) is 4.38. The number of thiocarbonyl (C=S) groups is 1. The van der Waals surface area contributed by atoms with Crippen LogP contribution in [0.25, 0.3) is 0 Å². The molecule has 1 unspecified atom stereocenters. The van der Waals surface area contributed by atoms with Gasteiger partial charge >= 0.3 is 0 Å². The zero-order valence-electron chi connectivity index (χ0n) is 10.1. The predicted molar refractivity (Wildman–Crippen MR) is 89.8 cm³/mol. The minimum Gasteiger partial charge on any atom is -0.393 e. The highest BCUT2D eigenvalue weighted by Crippen LogP contribution is 2.20. The Labute approximate surface area is 134 Å². The molecule has 0 aliphatic carbocycles. The molecule has 0 radical (unpaired) electrons. The summed E-state index contributed by atoms with van der Waals surface area (Å²) in [4.78, 5) is 14.4. The second-order valence-electron chi connectivity index (χ2n) is 4.11. The maximum atomic E-state index is 12.3. The Morgan fingerprint density at radius 2 is 2.22 bits per heavy atom. The Balaban J connectivity index is 2.86. The van der Waals surface area contributed by atoms with E-state index in [1.165, 1.54) is 0 Å². The van der Waals surface area contributed by atoms with Gasteiger partial charge in [-0.05, 0) is 40.8 Å². The van der Waals surface area contributed by atoms with Gasteiger partial charge in [-0.3, -0.25) is 4.79 Å². The van der Waals surface area contributed by atoms with Gasteiger partial charge < -0.3 is 10.6 Å². The minimum atomic E-state index is -0.0243. The molecule has 0 heterocycles. The number of halogens is 2. The Hall–Kier alpha value is -0.210. The van der Waals surface area contributed by atoms with E-state index in [1.54, 1.807) is 11.9 Å². The number of nitrogens with zero attached hydrogens (tertiary/aromatic N) is 1. The van der Waals surface area contributed by atoms with Crippen molar-refractivity contribution in [1.82, 2.24) is 4.90 Å². The summed E-state index contributed by atoms with van der Waals surface area (Å²) in [5.41, 5.74) is 6.24. The van der Waals surface area contributed by atoms with Gasteiger partial charge in [0.2, 0.25) is 0 Å². The maximum absolute atomic E-state index is 12.3. The SMILES string of the molecule is CC(CN(C)C(=O)c1cc(Br)ccc1I)C(N)=S. The molecule has 2 N–H and O–H groups in total. The van der Waals surface area contributed by atoms with Gasteiger partial charge in [-0.2, -0.15) is 0 Å². The summed E-state index contributed by atoms with van der Waals surface area (Å²) in [6.45, 7) is 2.44. The van der Waals surface area contributed by atoms with Crippen molar-refractivity contribution in [3.63, 3.8) is 0 Å². The van der Waals surface area contributed by atoms with E-state index in [4.69, 9.17) is 18.0 Å². The molecule has 0 bridgehead atoms. The van der Waals surface area contributed by atoms with Crippen molar-refractivity contribution in [2.24, 2.45) is 11.7 Å². The molecule has 0 saturated carbocycles. The van der Waals surface area contributed by atoms with Gasteiger partial charge in [0.15, 0.2) is 0 Å². The van der Waals surface area contributed by atoms with E-state index < -0.39 is 0 Å². The van der Waals surface area contributed by atoms with Crippen LogP contribution in [0.3, 0.4) is 0 Å². The molecule has 18 heavy (non-hydrogen) atoms. The molecular formula is C12H14BrIN2OS. The van der Waals surface area contributed by atoms with E-state index in [2.05, 4.69) is 38.5 Å². The van der Waals surface area contributed by atoms with Crippen molar-refractivity contribution in [2.75, 3.05) is 13.6 Å². The van der Waals surface area contributed by atoms with Gasteiger partial charge in [-0.25, -0.2) is 0 Å². The lowest BCUT2D eigenvalue weighted by molar-refractivity contribution is 0.0786. The highest BCUT2D eigenvalue weighted by atomic mass is 127. The average molecular weight is 441 g/mol. The van der Waals surface area contributed by atoms with E-state index in [1.807, 2.05) is 25.1 Å². The van der Waals surface area contributed by atoms with Gasteiger partial charge in [-0.1, -0.05) is 35.1 Å². The highest BCUT2D eigenvalue weighted by Gasteiger charge is 2.18. The summed E-state index contributed by atoms with van der Waals surface area (Å²) in [5, 5.41) is 0. The number of rotatable bonds is 4. The molecule has 0 spiro atoms. The normalized spacial score (nSPS) is 12.0. The zero-order valence-corrected chi connectivity index (χ0v) is 14.7. The lowest BCUT2D eigenvalue weighted by Gasteiger charge is -2.21. The summed E-state index contributed by atoms with van der Waals surface area (Å²) in [6, 6.07) is 5.64. The summed E-state index contributed by atoms with van der Waals surface area (Å²) >= 11 is 10.4. The molecule has 1 aromatic carbocycles. The van der Waals surface area contributed by atoms with Crippen molar-refractivity contribution in [1.29, 1.82) is 0 Å². The molecule has 1 rings (SSSR count). The van der Waals surface area contributed by atoms with Crippen LogP contribution in [-0.4, -0.2) is 29.4 Å². The Morgan fingerprint density at radius 1 is 1.61 bits per heavy atom. The van der Waals surface area contributed by atoms with E-state index in [0.717, 1.165) is 8.04 Å². The number of carbonyl (C=O) groups excluding carboxylic acids is 1. The second-order valence-corrected chi connectivity index (χ2v) is 6.66. The van der Waals surface area contributed by atoms with Gasteiger partial charge in [0.25, 0.3) is 5.91 Å². The number of hydrogen-bond donors (Lipinski definition) is 1. The lowest BCUT2D eigenvalue weighted by atomic mass is 10.1. The summed E-state index contributed by atoms with van der Waals surface area (Å²) in [7, 11) is 1.76. The molecule has 0 fully saturated rings. The largest absolute Gasteiger partial charge is 0.393 e. The number of amides is 1. The molecule has 0 aromatic heterocycles. The lowest BCUT2D eigenvalue weighted by Crippen LogP contribution is -2.35. The predicted octanol–water partition coefficient (Wildman–Crippen LogP) is 3.05. The molecule has 3 nitrogen and oxygen atoms in total. The Bertz CT molecular complexity index is 481.